The highest BCUT2D eigenvalue weighted by molar-refractivity contribution is 7.89. The lowest BCUT2D eigenvalue weighted by molar-refractivity contribution is 0.182. The number of nitrogens with zero attached hydrogens (tertiary/aromatic N) is 3. The minimum absolute atomic E-state index is 0.118. The van der Waals surface area contributed by atoms with Crippen molar-refractivity contribution < 1.29 is 8.42 Å². The highest BCUT2D eigenvalue weighted by Gasteiger charge is 2.31. The molecule has 1 aromatic heterocycles. The van der Waals surface area contributed by atoms with Crippen LogP contribution in [0.2, 0.25) is 0 Å². The Balaban J connectivity index is 1.64. The van der Waals surface area contributed by atoms with Crippen molar-refractivity contribution >= 4 is 21.6 Å². The van der Waals surface area contributed by atoms with Crippen LogP contribution in [-0.4, -0.2) is 55.3 Å². The third-order valence-electron chi connectivity index (χ3n) is 4.10. The van der Waals surface area contributed by atoms with E-state index < -0.39 is 10.0 Å². The molecule has 0 atom stereocenters. The van der Waals surface area contributed by atoms with Crippen LogP contribution in [0, 0.1) is 5.92 Å². The van der Waals surface area contributed by atoms with Gasteiger partial charge in [0.15, 0.2) is 5.03 Å². The molecule has 1 saturated carbocycles. The maximum atomic E-state index is 12.5. The Morgan fingerprint density at radius 3 is 2.43 bits per heavy atom. The molecule has 116 valence electrons. The van der Waals surface area contributed by atoms with E-state index in [-0.39, 0.29) is 5.03 Å². The minimum Gasteiger partial charge on any atom is -0.300 e. The first kappa shape index (κ1) is 15.2. The Labute approximate surface area is 131 Å². The molecular formula is C14H20ClN3O2S. The summed E-state index contributed by atoms with van der Waals surface area (Å²) in [5, 5.41) is 0.118. The third kappa shape index (κ3) is 3.56. The summed E-state index contributed by atoms with van der Waals surface area (Å²) in [6.45, 7) is 3.85. The van der Waals surface area contributed by atoms with Crippen molar-refractivity contribution in [3.63, 3.8) is 0 Å². The van der Waals surface area contributed by atoms with Crippen molar-refractivity contribution in [1.29, 1.82) is 0 Å². The maximum Gasteiger partial charge on any atom is 0.260 e. The van der Waals surface area contributed by atoms with Gasteiger partial charge in [0.05, 0.1) is 0 Å². The fraction of sp³-hybridized carbons (Fsp3) is 0.643. The first-order valence-corrected chi connectivity index (χ1v) is 9.30. The van der Waals surface area contributed by atoms with Gasteiger partial charge in [0.2, 0.25) is 0 Å². The average molecular weight is 330 g/mol. The average Bonchev–Trinajstić information content (AvgIpc) is 3.32. The molecule has 7 heteroatoms. The van der Waals surface area contributed by atoms with Crippen LogP contribution >= 0.6 is 11.6 Å². The standard InChI is InChI=1S/C14H20ClN3O2S/c15-9-13-3-4-14(16-10-13)21(19,20)18-7-5-17(6-8-18)11-12-1-2-12/h3-4,10,12H,1-2,5-9,11H2. The van der Waals surface area contributed by atoms with Crippen molar-refractivity contribution in [3.05, 3.63) is 23.9 Å². The monoisotopic (exact) mass is 329 g/mol. The van der Waals surface area contributed by atoms with Crippen LogP contribution in [0.4, 0.5) is 0 Å². The molecule has 21 heavy (non-hydrogen) atoms. The molecule has 1 aromatic rings. The number of piperazine rings is 1. The Morgan fingerprint density at radius 1 is 1.19 bits per heavy atom. The van der Waals surface area contributed by atoms with E-state index in [2.05, 4.69) is 9.88 Å². The molecule has 1 aliphatic carbocycles. The van der Waals surface area contributed by atoms with Gasteiger partial charge >= 0.3 is 0 Å². The quantitative estimate of drug-likeness (QED) is 0.769. The number of aromatic nitrogens is 1. The van der Waals surface area contributed by atoms with Gasteiger partial charge < -0.3 is 4.90 Å². The molecule has 5 nitrogen and oxygen atoms in total. The first-order chi connectivity index (χ1) is 10.1. The van der Waals surface area contributed by atoms with Gasteiger partial charge in [-0.1, -0.05) is 6.07 Å². The number of hydrogen-bond acceptors (Lipinski definition) is 4. The fourth-order valence-corrected chi connectivity index (χ4v) is 4.09. The Hall–Kier alpha value is -0.690. The van der Waals surface area contributed by atoms with E-state index in [1.165, 1.54) is 19.0 Å². The van der Waals surface area contributed by atoms with Crippen molar-refractivity contribution in [2.75, 3.05) is 32.7 Å². The van der Waals surface area contributed by atoms with Gasteiger partial charge in [0, 0.05) is 44.8 Å². The number of sulfonamides is 1. The zero-order valence-electron chi connectivity index (χ0n) is 11.9. The second kappa shape index (κ2) is 6.20. The molecule has 0 unspecified atom stereocenters. The maximum absolute atomic E-state index is 12.5. The van der Waals surface area contributed by atoms with E-state index >= 15 is 0 Å². The normalized spacial score (nSPS) is 21.6. The van der Waals surface area contributed by atoms with Crippen LogP contribution in [0.1, 0.15) is 18.4 Å². The van der Waals surface area contributed by atoms with Crippen LogP contribution in [0.3, 0.4) is 0 Å². The number of rotatable bonds is 5. The Bertz CT molecular complexity index is 579. The van der Waals surface area contributed by atoms with Gasteiger partial charge in [-0.3, -0.25) is 0 Å². The van der Waals surface area contributed by atoms with E-state index in [1.807, 2.05) is 0 Å². The molecular weight excluding hydrogens is 310 g/mol. The van der Waals surface area contributed by atoms with Crippen molar-refractivity contribution in [3.8, 4) is 0 Å². The molecule has 1 saturated heterocycles. The highest BCUT2D eigenvalue weighted by atomic mass is 35.5. The summed E-state index contributed by atoms with van der Waals surface area (Å²) < 4.78 is 26.6. The lowest BCUT2D eigenvalue weighted by Crippen LogP contribution is -2.49. The molecule has 0 aromatic carbocycles. The molecule has 1 aliphatic heterocycles. The molecule has 0 bridgehead atoms. The molecule has 0 N–H and O–H groups in total. The number of hydrogen-bond donors (Lipinski definition) is 0. The molecule has 2 aliphatic rings. The predicted molar refractivity (Wildman–Crippen MR) is 81.7 cm³/mol. The minimum atomic E-state index is -3.47. The lowest BCUT2D eigenvalue weighted by Gasteiger charge is -2.33. The van der Waals surface area contributed by atoms with Gasteiger partial charge in [0.25, 0.3) is 10.0 Å². The molecule has 0 amide bonds. The van der Waals surface area contributed by atoms with E-state index in [4.69, 9.17) is 11.6 Å². The van der Waals surface area contributed by atoms with Gasteiger partial charge in [-0.05, 0) is 30.4 Å². The topological polar surface area (TPSA) is 53.5 Å². The second-order valence-corrected chi connectivity index (χ2v) is 7.94. The first-order valence-electron chi connectivity index (χ1n) is 7.33. The zero-order chi connectivity index (χ0) is 14.9. The summed E-state index contributed by atoms with van der Waals surface area (Å²) in [5.74, 6) is 1.19. The van der Waals surface area contributed by atoms with Crippen LogP contribution < -0.4 is 0 Å². The van der Waals surface area contributed by atoms with Crippen molar-refractivity contribution in [1.82, 2.24) is 14.2 Å². The van der Waals surface area contributed by atoms with Crippen molar-refractivity contribution in [2.45, 2.75) is 23.7 Å². The van der Waals surface area contributed by atoms with Gasteiger partial charge in [-0.25, -0.2) is 13.4 Å². The summed E-state index contributed by atoms with van der Waals surface area (Å²) in [6.07, 6.45) is 4.19. The number of alkyl halides is 1. The van der Waals surface area contributed by atoms with E-state index in [0.29, 0.717) is 19.0 Å². The SMILES string of the molecule is O=S(=O)(c1ccc(CCl)cn1)N1CCN(CC2CC2)CC1. The van der Waals surface area contributed by atoms with E-state index in [9.17, 15) is 8.42 Å². The summed E-state index contributed by atoms with van der Waals surface area (Å²) >= 11 is 5.70. The van der Waals surface area contributed by atoms with Crippen LogP contribution in [0.25, 0.3) is 0 Å². The second-order valence-electron chi connectivity index (χ2n) is 5.79. The highest BCUT2D eigenvalue weighted by Crippen LogP contribution is 2.30. The predicted octanol–water partition coefficient (Wildman–Crippen LogP) is 1.54. The van der Waals surface area contributed by atoms with Gasteiger partial charge in [0.1, 0.15) is 0 Å². The van der Waals surface area contributed by atoms with Crippen LogP contribution in [0.15, 0.2) is 23.4 Å². The fourth-order valence-electron chi connectivity index (χ4n) is 2.59. The van der Waals surface area contributed by atoms with Crippen LogP contribution in [-0.2, 0) is 15.9 Å². The lowest BCUT2D eigenvalue weighted by atomic mass is 10.3. The molecule has 2 fully saturated rings. The molecule has 0 spiro atoms. The number of halogens is 1. The van der Waals surface area contributed by atoms with E-state index in [1.54, 1.807) is 16.4 Å². The van der Waals surface area contributed by atoms with Crippen molar-refractivity contribution in [2.24, 2.45) is 5.92 Å². The Kier molecular flexibility index (Phi) is 4.49. The summed E-state index contributed by atoms with van der Waals surface area (Å²) in [7, 11) is -3.47. The number of pyridine rings is 1. The zero-order valence-corrected chi connectivity index (χ0v) is 13.5. The third-order valence-corrected chi connectivity index (χ3v) is 6.22. The summed E-state index contributed by atoms with van der Waals surface area (Å²) in [5.41, 5.74) is 0.824. The van der Waals surface area contributed by atoms with Gasteiger partial charge in [-0.15, -0.1) is 11.6 Å². The Morgan fingerprint density at radius 2 is 1.90 bits per heavy atom. The van der Waals surface area contributed by atoms with Gasteiger partial charge in [-0.2, -0.15) is 4.31 Å². The molecule has 0 radical (unpaired) electrons. The summed E-state index contributed by atoms with van der Waals surface area (Å²) in [6, 6.07) is 3.26. The smallest absolute Gasteiger partial charge is 0.260 e. The molecule has 2 heterocycles. The molecule has 3 rings (SSSR count). The summed E-state index contributed by atoms with van der Waals surface area (Å²) in [4.78, 5) is 6.41. The van der Waals surface area contributed by atoms with Crippen LogP contribution in [0.5, 0.6) is 0 Å². The largest absolute Gasteiger partial charge is 0.300 e. The van der Waals surface area contributed by atoms with E-state index in [0.717, 1.165) is 31.1 Å².